The zero-order valence-corrected chi connectivity index (χ0v) is 34.5. The van der Waals surface area contributed by atoms with Crippen LogP contribution in [-0.2, 0) is 45.2 Å². The van der Waals surface area contributed by atoms with Gasteiger partial charge in [-0.25, -0.2) is 0 Å². The molecule has 0 saturated carbocycles. The molecule has 0 radical (unpaired) electrons. The molecule has 2 N–H and O–H groups in total. The normalized spacial score (nSPS) is 31.9. The summed E-state index contributed by atoms with van der Waals surface area (Å²) in [5.41, 5.74) is 3.92. The van der Waals surface area contributed by atoms with E-state index in [1.54, 1.807) is 19.1 Å². The molecule has 11 atom stereocenters. The summed E-state index contributed by atoms with van der Waals surface area (Å²) in [7, 11) is 3.01. The molecule has 2 aliphatic rings. The van der Waals surface area contributed by atoms with E-state index in [9.17, 15) is 19.8 Å². The molecule has 4 rings (SSSR count). The van der Waals surface area contributed by atoms with Crippen LogP contribution >= 0.6 is 0 Å². The maximum atomic E-state index is 13.5. The highest BCUT2D eigenvalue weighted by atomic mass is 16.7. The van der Waals surface area contributed by atoms with Gasteiger partial charge in [0.2, 0.25) is 0 Å². The summed E-state index contributed by atoms with van der Waals surface area (Å²) in [5.74, 6) is -1.29. The second-order valence-corrected chi connectivity index (χ2v) is 16.7. The molecular weight excluding hydrogens is 702 g/mol. The number of aromatic nitrogens is 3. The highest BCUT2D eigenvalue weighted by Gasteiger charge is 2.45. The largest absolute Gasteiger partial charge is 0.462 e. The summed E-state index contributed by atoms with van der Waals surface area (Å²) in [5, 5.41) is 30.7. The fourth-order valence-corrected chi connectivity index (χ4v) is 7.57. The van der Waals surface area contributed by atoms with Crippen molar-refractivity contribution in [2.75, 3.05) is 20.8 Å². The highest BCUT2D eigenvalue weighted by molar-refractivity contribution is 5.91. The van der Waals surface area contributed by atoms with Gasteiger partial charge in [0.25, 0.3) is 0 Å². The topological polar surface area (TPSA) is 151 Å². The van der Waals surface area contributed by atoms with Crippen LogP contribution in [0.5, 0.6) is 0 Å². The maximum absolute atomic E-state index is 13.5. The Morgan fingerprint density at radius 3 is 2.31 bits per heavy atom. The number of hydrogen-bond donors (Lipinski definition) is 2. The quantitative estimate of drug-likeness (QED) is 0.265. The molecule has 12 heteroatoms. The number of esters is 1. The number of cyclic esters (lactones) is 1. The lowest BCUT2D eigenvalue weighted by atomic mass is 9.82. The van der Waals surface area contributed by atoms with E-state index in [1.807, 2.05) is 44.6 Å². The predicted molar refractivity (Wildman–Crippen MR) is 210 cm³/mol. The molecule has 2 aliphatic heterocycles. The highest BCUT2D eigenvalue weighted by Crippen LogP contribution is 2.31. The molecule has 0 bridgehead atoms. The van der Waals surface area contributed by atoms with Crippen molar-refractivity contribution in [1.82, 2.24) is 15.0 Å². The van der Waals surface area contributed by atoms with Crippen LogP contribution in [0.4, 0.5) is 0 Å². The number of carbonyl (C=O) groups excluding carboxylic acids is 2. The zero-order valence-electron chi connectivity index (χ0n) is 34.5. The Hall–Kier alpha value is -3.26. The Kier molecular flexibility index (Phi) is 16.4. The first-order valence-electron chi connectivity index (χ1n) is 19.8. The van der Waals surface area contributed by atoms with E-state index in [1.165, 1.54) is 19.8 Å². The van der Waals surface area contributed by atoms with Gasteiger partial charge in [0.15, 0.2) is 12.1 Å². The zero-order chi connectivity index (χ0) is 40.4. The average molecular weight is 768 g/mol. The lowest BCUT2D eigenvalue weighted by Crippen LogP contribution is -2.59. The number of methoxy groups -OCH3 is 2. The van der Waals surface area contributed by atoms with E-state index in [4.69, 9.17) is 23.7 Å². The van der Waals surface area contributed by atoms with Gasteiger partial charge in [0, 0.05) is 38.2 Å². The summed E-state index contributed by atoms with van der Waals surface area (Å²) < 4.78 is 31.2. The summed E-state index contributed by atoms with van der Waals surface area (Å²) >= 11 is 0. The number of ether oxygens (including phenoxy) is 5. The minimum absolute atomic E-state index is 0.0164. The van der Waals surface area contributed by atoms with E-state index in [-0.39, 0.29) is 42.0 Å². The Balaban J connectivity index is 1.49. The summed E-state index contributed by atoms with van der Waals surface area (Å²) in [6, 6.07) is 8.41. The van der Waals surface area contributed by atoms with Gasteiger partial charge in [0.1, 0.15) is 30.1 Å². The van der Waals surface area contributed by atoms with Gasteiger partial charge in [0.05, 0.1) is 31.4 Å². The van der Waals surface area contributed by atoms with E-state index in [2.05, 4.69) is 55.3 Å². The number of allylic oxidation sites excluding steroid dienone is 3. The Morgan fingerprint density at radius 1 is 0.982 bits per heavy atom. The Morgan fingerprint density at radius 2 is 1.67 bits per heavy atom. The molecule has 12 nitrogen and oxygen atoms in total. The summed E-state index contributed by atoms with van der Waals surface area (Å²) in [6.45, 7) is 16.7. The van der Waals surface area contributed by atoms with Gasteiger partial charge in [-0.15, -0.1) is 5.10 Å². The van der Waals surface area contributed by atoms with E-state index >= 15 is 0 Å². The Labute approximate surface area is 327 Å². The molecule has 55 heavy (non-hydrogen) atoms. The summed E-state index contributed by atoms with van der Waals surface area (Å²) in [6.07, 6.45) is 4.43. The van der Waals surface area contributed by atoms with Crippen LogP contribution in [0.2, 0.25) is 0 Å². The lowest BCUT2D eigenvalue weighted by molar-refractivity contribution is -0.304. The number of ketones is 1. The van der Waals surface area contributed by atoms with Crippen molar-refractivity contribution in [3.05, 3.63) is 59.8 Å². The third-order valence-corrected chi connectivity index (χ3v) is 11.2. The number of hydrogen-bond acceptors (Lipinski definition) is 11. The molecule has 1 aromatic heterocycles. The number of nitrogens with zero attached hydrogens (tertiary/aromatic N) is 3. The van der Waals surface area contributed by atoms with Crippen LogP contribution in [0.15, 0.2) is 54.3 Å². The average Bonchev–Trinajstić information content (AvgIpc) is 3.63. The summed E-state index contributed by atoms with van der Waals surface area (Å²) in [4.78, 5) is 26.8. The fourth-order valence-electron chi connectivity index (χ4n) is 7.57. The molecule has 1 fully saturated rings. The van der Waals surface area contributed by atoms with E-state index < -0.39 is 54.8 Å². The van der Waals surface area contributed by atoms with Crippen molar-refractivity contribution in [1.29, 1.82) is 0 Å². The number of benzene rings is 1. The molecule has 11 unspecified atom stereocenters. The van der Waals surface area contributed by atoms with Crippen molar-refractivity contribution in [2.45, 2.75) is 142 Å². The first-order valence-corrected chi connectivity index (χ1v) is 19.8. The smallest absolute Gasteiger partial charge is 0.308 e. The van der Waals surface area contributed by atoms with Gasteiger partial charge in [-0.1, -0.05) is 88.7 Å². The standard InChI is InChI=1S/C43H65N3O9/c1-11-37-32(25-53-42-41(52-10)40(51-9)39(50)29(5)54-42)20-26(2)12-17-35(47)27(3)21-30(22-28(4)36(48)23-38(49)55-37)18-19-46-24-34(44-45-46)31-13-15-33(16-14-31)43(6,7)8/h12-17,20,24,27-30,32,36-37,39-42,48,50H,11,18-19,21-23,25H2,1-10H3. The first kappa shape index (κ1) is 44.5. The molecule has 306 valence electrons. The second-order valence-electron chi connectivity index (χ2n) is 16.7. The molecule has 2 aromatic rings. The van der Waals surface area contributed by atoms with Crippen molar-refractivity contribution in [2.24, 2.45) is 23.7 Å². The van der Waals surface area contributed by atoms with Crippen molar-refractivity contribution in [3.8, 4) is 11.3 Å². The number of aryl methyl sites for hydroxylation is 1. The fraction of sp³-hybridized carbons (Fsp3) is 0.674. The van der Waals surface area contributed by atoms with Crippen LogP contribution in [0.25, 0.3) is 11.3 Å². The van der Waals surface area contributed by atoms with Gasteiger partial charge in [-0.3, -0.25) is 14.3 Å². The van der Waals surface area contributed by atoms with E-state index in [0.717, 1.165) is 23.3 Å². The molecular formula is C43H65N3O9. The number of carbonyl (C=O) groups is 2. The monoisotopic (exact) mass is 767 g/mol. The van der Waals surface area contributed by atoms with Gasteiger partial charge >= 0.3 is 5.97 Å². The van der Waals surface area contributed by atoms with Crippen LogP contribution < -0.4 is 0 Å². The number of aliphatic hydroxyl groups is 2. The van der Waals surface area contributed by atoms with E-state index in [0.29, 0.717) is 25.8 Å². The predicted octanol–water partition coefficient (Wildman–Crippen LogP) is 6.23. The van der Waals surface area contributed by atoms with Crippen LogP contribution in [0, 0.1) is 23.7 Å². The number of aliphatic hydroxyl groups excluding tert-OH is 2. The molecule has 0 amide bonds. The van der Waals surface area contributed by atoms with Gasteiger partial charge < -0.3 is 33.9 Å². The Bertz CT molecular complexity index is 1580. The van der Waals surface area contributed by atoms with Crippen LogP contribution in [-0.4, -0.2) is 101 Å². The third-order valence-electron chi connectivity index (χ3n) is 11.2. The third kappa shape index (κ3) is 12.4. The first-order chi connectivity index (χ1) is 26.0. The van der Waals surface area contributed by atoms with Crippen molar-refractivity contribution < 1.29 is 43.5 Å². The molecule has 0 spiro atoms. The SMILES string of the molecule is CCC1OC(=O)CC(O)C(C)CC(CCn2cc(-c3ccc(C(C)(C)C)cc3)nn2)CC(C)C(=O)C=CC(C)=CC1COC1OC(C)C(O)C(OC)C1OC. The van der Waals surface area contributed by atoms with Gasteiger partial charge in [-0.2, -0.15) is 0 Å². The lowest BCUT2D eigenvalue weighted by Gasteiger charge is -2.42. The minimum Gasteiger partial charge on any atom is -0.462 e. The van der Waals surface area contributed by atoms with Crippen LogP contribution in [0.3, 0.4) is 0 Å². The minimum atomic E-state index is -0.927. The maximum Gasteiger partial charge on any atom is 0.308 e. The van der Waals surface area contributed by atoms with Gasteiger partial charge in [-0.05, 0) is 68.4 Å². The van der Waals surface area contributed by atoms with Crippen LogP contribution in [0.1, 0.15) is 93.1 Å². The molecule has 1 saturated heterocycles. The van der Waals surface area contributed by atoms with Crippen molar-refractivity contribution in [3.63, 3.8) is 0 Å². The number of rotatable bonds is 10. The molecule has 0 aliphatic carbocycles. The second kappa shape index (κ2) is 20.2. The van der Waals surface area contributed by atoms with Crippen molar-refractivity contribution >= 4 is 11.8 Å². The molecule has 3 heterocycles. The molecule has 1 aromatic carbocycles.